The van der Waals surface area contributed by atoms with Gasteiger partial charge in [-0.05, 0) is 51.8 Å². The van der Waals surface area contributed by atoms with Crippen molar-refractivity contribution in [2.24, 2.45) is 0 Å². The van der Waals surface area contributed by atoms with Gasteiger partial charge in [0.25, 0.3) is 0 Å². The standard InChI is InChI=1S/C16H28N2O2S/c1-4-17-13-8-14-21(19,20)18-16(2,3)12-11-15-9-6-5-7-10-15/h5-7,9-10,17-18H,4,8,11-14H2,1-3H3. The topological polar surface area (TPSA) is 58.2 Å². The monoisotopic (exact) mass is 312 g/mol. The molecule has 0 amide bonds. The van der Waals surface area contributed by atoms with Crippen LogP contribution < -0.4 is 10.0 Å². The molecular weight excluding hydrogens is 284 g/mol. The fraction of sp³-hybridized carbons (Fsp3) is 0.625. The van der Waals surface area contributed by atoms with E-state index >= 15 is 0 Å². The van der Waals surface area contributed by atoms with E-state index in [1.54, 1.807) is 0 Å². The number of rotatable bonds is 10. The minimum atomic E-state index is -3.21. The molecule has 4 nitrogen and oxygen atoms in total. The summed E-state index contributed by atoms with van der Waals surface area (Å²) < 4.78 is 27.0. The lowest BCUT2D eigenvalue weighted by atomic mass is 9.97. The zero-order chi connectivity index (χ0) is 15.8. The van der Waals surface area contributed by atoms with Gasteiger partial charge in [0, 0.05) is 5.54 Å². The molecule has 120 valence electrons. The van der Waals surface area contributed by atoms with Crippen LogP contribution in [0, 0.1) is 0 Å². The highest BCUT2D eigenvalue weighted by Crippen LogP contribution is 2.15. The van der Waals surface area contributed by atoms with Crippen LogP contribution in [-0.2, 0) is 16.4 Å². The van der Waals surface area contributed by atoms with Crippen LogP contribution in [0.25, 0.3) is 0 Å². The molecular formula is C16H28N2O2S. The molecule has 0 aliphatic heterocycles. The predicted molar refractivity (Wildman–Crippen MR) is 88.9 cm³/mol. The van der Waals surface area contributed by atoms with Crippen LogP contribution in [0.5, 0.6) is 0 Å². The molecule has 0 aliphatic carbocycles. The van der Waals surface area contributed by atoms with E-state index in [9.17, 15) is 8.42 Å². The van der Waals surface area contributed by atoms with Crippen LogP contribution in [0.3, 0.4) is 0 Å². The van der Waals surface area contributed by atoms with Crippen LogP contribution in [0.15, 0.2) is 30.3 Å². The van der Waals surface area contributed by atoms with Crippen LogP contribution in [0.1, 0.15) is 39.2 Å². The Hall–Kier alpha value is -0.910. The average Bonchev–Trinajstić information content (AvgIpc) is 2.42. The Bertz CT molecular complexity index is 498. The summed E-state index contributed by atoms with van der Waals surface area (Å²) >= 11 is 0. The Morgan fingerprint density at radius 2 is 1.81 bits per heavy atom. The van der Waals surface area contributed by atoms with Crippen molar-refractivity contribution < 1.29 is 8.42 Å². The van der Waals surface area contributed by atoms with E-state index in [1.165, 1.54) is 5.56 Å². The molecule has 0 aliphatic rings. The third kappa shape index (κ3) is 8.19. The fourth-order valence-corrected chi connectivity index (χ4v) is 3.76. The number of hydrogen-bond donors (Lipinski definition) is 2. The highest BCUT2D eigenvalue weighted by Gasteiger charge is 2.24. The lowest BCUT2D eigenvalue weighted by molar-refractivity contribution is 0.421. The van der Waals surface area contributed by atoms with E-state index in [0.717, 1.165) is 25.9 Å². The van der Waals surface area contributed by atoms with Crippen LogP contribution >= 0.6 is 0 Å². The maximum atomic E-state index is 12.1. The first-order chi connectivity index (χ1) is 9.85. The lowest BCUT2D eigenvalue weighted by Crippen LogP contribution is -2.44. The molecule has 21 heavy (non-hydrogen) atoms. The number of hydrogen-bond acceptors (Lipinski definition) is 3. The van der Waals surface area contributed by atoms with Gasteiger partial charge in [0.05, 0.1) is 5.75 Å². The molecule has 2 N–H and O–H groups in total. The van der Waals surface area contributed by atoms with Gasteiger partial charge in [0.15, 0.2) is 0 Å². The van der Waals surface area contributed by atoms with Gasteiger partial charge in [-0.1, -0.05) is 37.3 Å². The van der Waals surface area contributed by atoms with Crippen LogP contribution in [0.2, 0.25) is 0 Å². The summed E-state index contributed by atoms with van der Waals surface area (Å²) in [5.74, 6) is 0.175. The maximum absolute atomic E-state index is 12.1. The average molecular weight is 312 g/mol. The minimum absolute atomic E-state index is 0.175. The molecule has 0 saturated heterocycles. The molecule has 5 heteroatoms. The SMILES string of the molecule is CCNCCCS(=O)(=O)NC(C)(C)CCc1ccccc1. The molecule has 0 fully saturated rings. The van der Waals surface area contributed by atoms with E-state index in [1.807, 2.05) is 39.0 Å². The largest absolute Gasteiger partial charge is 0.317 e. The Morgan fingerprint density at radius 1 is 1.14 bits per heavy atom. The zero-order valence-corrected chi connectivity index (χ0v) is 14.2. The Kier molecular flexibility index (Phi) is 7.35. The van der Waals surface area contributed by atoms with E-state index in [2.05, 4.69) is 22.2 Å². The van der Waals surface area contributed by atoms with Crippen molar-refractivity contribution in [3.8, 4) is 0 Å². The van der Waals surface area contributed by atoms with Crippen molar-refractivity contribution in [3.05, 3.63) is 35.9 Å². The number of benzene rings is 1. The number of nitrogens with one attached hydrogen (secondary N) is 2. The van der Waals surface area contributed by atoms with Gasteiger partial charge in [-0.2, -0.15) is 0 Å². The second-order valence-electron chi connectivity index (χ2n) is 6.00. The van der Waals surface area contributed by atoms with Gasteiger partial charge in [0.2, 0.25) is 10.0 Å². The molecule has 0 saturated carbocycles. The highest BCUT2D eigenvalue weighted by atomic mass is 32.2. The molecule has 0 aromatic heterocycles. The van der Waals surface area contributed by atoms with Crippen molar-refractivity contribution in [1.82, 2.24) is 10.0 Å². The smallest absolute Gasteiger partial charge is 0.212 e. The molecule has 0 atom stereocenters. The van der Waals surface area contributed by atoms with Gasteiger partial charge in [-0.15, -0.1) is 0 Å². The van der Waals surface area contributed by atoms with Gasteiger partial charge in [0.1, 0.15) is 0 Å². The Balaban J connectivity index is 2.43. The number of sulfonamides is 1. The molecule has 0 bridgehead atoms. The van der Waals surface area contributed by atoms with Crippen molar-refractivity contribution in [1.29, 1.82) is 0 Å². The zero-order valence-electron chi connectivity index (χ0n) is 13.4. The summed E-state index contributed by atoms with van der Waals surface area (Å²) in [6, 6.07) is 10.1. The van der Waals surface area contributed by atoms with E-state index < -0.39 is 15.6 Å². The van der Waals surface area contributed by atoms with Crippen molar-refractivity contribution in [2.75, 3.05) is 18.8 Å². The molecule has 1 aromatic carbocycles. The summed E-state index contributed by atoms with van der Waals surface area (Å²) in [4.78, 5) is 0. The van der Waals surface area contributed by atoms with Crippen LogP contribution in [-0.4, -0.2) is 32.8 Å². The fourth-order valence-electron chi connectivity index (χ4n) is 2.19. The quantitative estimate of drug-likeness (QED) is 0.652. The Labute approximate surface area is 129 Å². The molecule has 0 unspecified atom stereocenters. The second kappa shape index (κ2) is 8.51. The number of aryl methyl sites for hydroxylation is 1. The first-order valence-corrected chi connectivity index (χ1v) is 9.26. The van der Waals surface area contributed by atoms with Gasteiger partial charge >= 0.3 is 0 Å². The Morgan fingerprint density at radius 3 is 2.43 bits per heavy atom. The molecule has 0 heterocycles. The first-order valence-electron chi connectivity index (χ1n) is 7.61. The summed E-state index contributed by atoms with van der Waals surface area (Å²) in [6.07, 6.45) is 2.29. The van der Waals surface area contributed by atoms with Crippen LogP contribution in [0.4, 0.5) is 0 Å². The van der Waals surface area contributed by atoms with Crippen molar-refractivity contribution in [2.45, 2.75) is 45.6 Å². The molecule has 0 radical (unpaired) electrons. The first kappa shape index (κ1) is 18.1. The van der Waals surface area contributed by atoms with Gasteiger partial charge < -0.3 is 5.32 Å². The second-order valence-corrected chi connectivity index (χ2v) is 7.84. The van der Waals surface area contributed by atoms with Crippen molar-refractivity contribution in [3.63, 3.8) is 0 Å². The van der Waals surface area contributed by atoms with Gasteiger partial charge in [-0.3, -0.25) is 0 Å². The normalized spacial score (nSPS) is 12.5. The molecule has 1 rings (SSSR count). The summed E-state index contributed by atoms with van der Waals surface area (Å²) in [5.41, 5.74) is 0.810. The highest BCUT2D eigenvalue weighted by molar-refractivity contribution is 7.89. The van der Waals surface area contributed by atoms with E-state index in [4.69, 9.17) is 0 Å². The third-order valence-corrected chi connectivity index (χ3v) is 5.02. The summed E-state index contributed by atoms with van der Waals surface area (Å²) in [6.45, 7) is 7.51. The van der Waals surface area contributed by atoms with E-state index in [-0.39, 0.29) is 5.75 Å². The predicted octanol–water partition coefficient (Wildman–Crippen LogP) is 2.32. The maximum Gasteiger partial charge on any atom is 0.212 e. The van der Waals surface area contributed by atoms with Gasteiger partial charge in [-0.25, -0.2) is 13.1 Å². The third-order valence-electron chi connectivity index (χ3n) is 3.33. The van der Waals surface area contributed by atoms with E-state index in [0.29, 0.717) is 6.42 Å². The molecule has 1 aromatic rings. The van der Waals surface area contributed by atoms with Crippen molar-refractivity contribution >= 4 is 10.0 Å². The summed E-state index contributed by atoms with van der Waals surface area (Å²) in [5, 5.41) is 3.14. The summed E-state index contributed by atoms with van der Waals surface area (Å²) in [7, 11) is -3.21. The molecule has 0 spiro atoms. The lowest BCUT2D eigenvalue weighted by Gasteiger charge is -2.26. The minimum Gasteiger partial charge on any atom is -0.317 e.